The van der Waals surface area contributed by atoms with E-state index in [1.165, 1.54) is 7.11 Å². The number of rotatable bonds is 1. The first-order chi connectivity index (χ1) is 11.1. The summed E-state index contributed by atoms with van der Waals surface area (Å²) in [5, 5.41) is 0. The molecule has 0 spiro atoms. The first-order valence-electron chi connectivity index (χ1n) is 8.13. The van der Waals surface area contributed by atoms with Crippen molar-refractivity contribution in [1.29, 1.82) is 0 Å². The molecule has 120 valence electrons. The van der Waals surface area contributed by atoms with Crippen LogP contribution < -0.4 is 4.74 Å². The molecule has 0 heterocycles. The quantitative estimate of drug-likeness (QED) is 0.793. The highest BCUT2D eigenvalue weighted by molar-refractivity contribution is 6.28. The molecular weight excluding hydrogens is 292 g/mol. The summed E-state index contributed by atoms with van der Waals surface area (Å²) in [4.78, 5) is 37.7. The lowest BCUT2D eigenvalue weighted by atomic mass is 9.79. The Hall–Kier alpha value is -2.23. The standard InChI is InChI=1S/C19H20O4/c1-23-16-9-5-8-15-17(16)19(22)13-7-4-2-3-6-12(20)10-11-14(13)18(15)21/h5,8-9H,2-4,6-7,10-11H2,1H3. The van der Waals surface area contributed by atoms with Gasteiger partial charge in [-0.3, -0.25) is 14.4 Å². The van der Waals surface area contributed by atoms with Crippen LogP contribution in [0.2, 0.25) is 0 Å². The number of benzene rings is 1. The molecular formula is C19H20O4. The minimum Gasteiger partial charge on any atom is -0.496 e. The Bertz CT molecular complexity index is 712. The van der Waals surface area contributed by atoms with E-state index in [0.29, 0.717) is 53.7 Å². The summed E-state index contributed by atoms with van der Waals surface area (Å²) in [7, 11) is 1.50. The smallest absolute Gasteiger partial charge is 0.193 e. The van der Waals surface area contributed by atoms with Crippen molar-refractivity contribution in [2.45, 2.75) is 44.9 Å². The maximum atomic E-state index is 12.9. The van der Waals surface area contributed by atoms with E-state index in [2.05, 4.69) is 0 Å². The third-order valence-electron chi connectivity index (χ3n) is 4.67. The number of Topliss-reactive ketones (excluding diaryl/α,β-unsaturated/α-hetero) is 3. The highest BCUT2D eigenvalue weighted by Gasteiger charge is 2.34. The van der Waals surface area contributed by atoms with Crippen molar-refractivity contribution in [3.8, 4) is 5.75 Å². The summed E-state index contributed by atoms with van der Waals surface area (Å²) in [6.45, 7) is 0. The zero-order valence-corrected chi connectivity index (χ0v) is 13.3. The molecule has 0 saturated carbocycles. The van der Waals surface area contributed by atoms with Crippen LogP contribution in [0.5, 0.6) is 5.75 Å². The van der Waals surface area contributed by atoms with Crippen LogP contribution in [0.3, 0.4) is 0 Å². The van der Waals surface area contributed by atoms with Crippen LogP contribution in [0.15, 0.2) is 29.3 Å². The van der Waals surface area contributed by atoms with Crippen molar-refractivity contribution in [2.24, 2.45) is 0 Å². The highest BCUT2D eigenvalue weighted by Crippen LogP contribution is 2.36. The van der Waals surface area contributed by atoms with Crippen LogP contribution in [0.25, 0.3) is 0 Å². The van der Waals surface area contributed by atoms with Crippen LogP contribution >= 0.6 is 0 Å². The Morgan fingerprint density at radius 3 is 2.35 bits per heavy atom. The minimum absolute atomic E-state index is 0.111. The van der Waals surface area contributed by atoms with Gasteiger partial charge in [-0.1, -0.05) is 18.6 Å². The number of carbonyl (C=O) groups is 3. The third-order valence-corrected chi connectivity index (χ3v) is 4.67. The molecule has 0 aromatic heterocycles. The number of carbonyl (C=O) groups excluding carboxylic acids is 3. The van der Waals surface area contributed by atoms with Crippen LogP contribution in [-0.2, 0) is 4.79 Å². The number of allylic oxidation sites excluding steroid dienone is 2. The van der Waals surface area contributed by atoms with E-state index in [1.807, 2.05) is 0 Å². The van der Waals surface area contributed by atoms with Crippen molar-refractivity contribution in [1.82, 2.24) is 0 Å². The molecule has 1 aromatic carbocycles. The molecule has 2 aliphatic carbocycles. The van der Waals surface area contributed by atoms with Gasteiger partial charge in [0.05, 0.1) is 12.7 Å². The van der Waals surface area contributed by atoms with Crippen LogP contribution in [0.1, 0.15) is 65.7 Å². The van der Waals surface area contributed by atoms with Crippen LogP contribution in [0, 0.1) is 0 Å². The van der Waals surface area contributed by atoms with Crippen molar-refractivity contribution >= 4 is 17.3 Å². The molecule has 0 aliphatic heterocycles. The lowest BCUT2D eigenvalue weighted by molar-refractivity contribution is -0.119. The second kappa shape index (κ2) is 6.49. The molecule has 1 aromatic rings. The second-order valence-corrected chi connectivity index (χ2v) is 6.10. The normalized spacial score (nSPS) is 19.3. The number of fused-ring (bicyclic) bond motifs is 1. The predicted molar refractivity (Wildman–Crippen MR) is 86.0 cm³/mol. The Morgan fingerprint density at radius 2 is 1.57 bits per heavy atom. The average Bonchev–Trinajstić information content (AvgIpc) is 2.57. The van der Waals surface area contributed by atoms with Crippen molar-refractivity contribution in [3.63, 3.8) is 0 Å². The molecule has 0 fully saturated rings. The molecule has 3 rings (SSSR count). The zero-order valence-electron chi connectivity index (χ0n) is 13.3. The molecule has 0 saturated heterocycles. The summed E-state index contributed by atoms with van der Waals surface area (Å²) in [6, 6.07) is 5.10. The summed E-state index contributed by atoms with van der Waals surface area (Å²) in [6.07, 6.45) is 4.50. The van der Waals surface area contributed by atoms with Gasteiger partial charge in [-0.2, -0.15) is 0 Å². The first-order valence-corrected chi connectivity index (χ1v) is 8.13. The van der Waals surface area contributed by atoms with E-state index < -0.39 is 0 Å². The molecule has 4 heteroatoms. The molecule has 2 aliphatic rings. The maximum absolute atomic E-state index is 12.9. The lowest BCUT2D eigenvalue weighted by Gasteiger charge is -2.23. The van der Waals surface area contributed by atoms with Gasteiger partial charge in [0, 0.05) is 29.6 Å². The summed E-state index contributed by atoms with van der Waals surface area (Å²) < 4.78 is 5.28. The van der Waals surface area contributed by atoms with Gasteiger partial charge in [-0.25, -0.2) is 0 Å². The Labute approximate surface area is 135 Å². The first kappa shape index (κ1) is 15.7. The van der Waals surface area contributed by atoms with E-state index in [-0.39, 0.29) is 17.3 Å². The Balaban J connectivity index is 2.08. The molecule has 0 bridgehead atoms. The molecule has 4 nitrogen and oxygen atoms in total. The van der Waals surface area contributed by atoms with Gasteiger partial charge in [-0.15, -0.1) is 0 Å². The van der Waals surface area contributed by atoms with E-state index in [9.17, 15) is 14.4 Å². The predicted octanol–water partition coefficient (Wildman–Crippen LogP) is 3.68. The van der Waals surface area contributed by atoms with Gasteiger partial charge < -0.3 is 4.74 Å². The zero-order chi connectivity index (χ0) is 16.4. The fourth-order valence-electron chi connectivity index (χ4n) is 3.43. The fourth-order valence-corrected chi connectivity index (χ4v) is 3.43. The topological polar surface area (TPSA) is 60.4 Å². The van der Waals surface area contributed by atoms with Crippen molar-refractivity contribution in [3.05, 3.63) is 40.5 Å². The van der Waals surface area contributed by atoms with E-state index >= 15 is 0 Å². The van der Waals surface area contributed by atoms with Crippen LogP contribution in [0.4, 0.5) is 0 Å². The van der Waals surface area contributed by atoms with Gasteiger partial charge >= 0.3 is 0 Å². The van der Waals surface area contributed by atoms with E-state index in [4.69, 9.17) is 4.74 Å². The van der Waals surface area contributed by atoms with Crippen molar-refractivity contribution in [2.75, 3.05) is 7.11 Å². The molecule has 0 atom stereocenters. The monoisotopic (exact) mass is 312 g/mol. The van der Waals surface area contributed by atoms with E-state index in [0.717, 1.165) is 19.3 Å². The molecule has 0 radical (unpaired) electrons. The highest BCUT2D eigenvalue weighted by atomic mass is 16.5. The number of methoxy groups -OCH3 is 1. The number of ketones is 3. The van der Waals surface area contributed by atoms with Gasteiger partial charge in [0.25, 0.3) is 0 Å². The third kappa shape index (κ3) is 2.85. The van der Waals surface area contributed by atoms with Gasteiger partial charge in [-0.05, 0) is 31.7 Å². The summed E-state index contributed by atoms with van der Waals surface area (Å²) in [5.74, 6) is 0.387. The number of hydrogen-bond acceptors (Lipinski definition) is 4. The molecule has 0 unspecified atom stereocenters. The summed E-state index contributed by atoms with van der Waals surface area (Å²) in [5.41, 5.74) is 1.90. The van der Waals surface area contributed by atoms with Crippen molar-refractivity contribution < 1.29 is 19.1 Å². The lowest BCUT2D eigenvalue weighted by Crippen LogP contribution is -2.24. The average molecular weight is 312 g/mol. The molecule has 0 N–H and O–H groups in total. The fraction of sp³-hybridized carbons (Fsp3) is 0.421. The Morgan fingerprint density at radius 1 is 0.826 bits per heavy atom. The second-order valence-electron chi connectivity index (χ2n) is 6.10. The van der Waals surface area contributed by atoms with Gasteiger partial charge in [0.2, 0.25) is 0 Å². The van der Waals surface area contributed by atoms with Gasteiger partial charge in [0.1, 0.15) is 11.5 Å². The number of hydrogen-bond donors (Lipinski definition) is 0. The Kier molecular flexibility index (Phi) is 4.42. The van der Waals surface area contributed by atoms with Gasteiger partial charge in [0.15, 0.2) is 11.6 Å². The van der Waals surface area contributed by atoms with Crippen LogP contribution in [-0.4, -0.2) is 24.5 Å². The SMILES string of the molecule is COc1cccc2c1C(=O)C1=C(CCC(=O)CCCCC1)C2=O. The molecule has 0 amide bonds. The number of ether oxygens (including phenoxy) is 1. The largest absolute Gasteiger partial charge is 0.496 e. The minimum atomic E-state index is -0.123. The van der Waals surface area contributed by atoms with E-state index in [1.54, 1.807) is 18.2 Å². The molecule has 23 heavy (non-hydrogen) atoms. The maximum Gasteiger partial charge on any atom is 0.193 e. The summed E-state index contributed by atoms with van der Waals surface area (Å²) >= 11 is 0.